The Hall–Kier alpha value is -1.52. The number of nitrogens with zero attached hydrogens (tertiary/aromatic N) is 2. The number of urea groups is 1. The monoisotopic (exact) mass is 292 g/mol. The van der Waals surface area contributed by atoms with Crippen LogP contribution in [0.3, 0.4) is 0 Å². The van der Waals surface area contributed by atoms with E-state index in [-0.39, 0.29) is 6.03 Å². The minimum Gasteiger partial charge on any atom is -0.338 e. The summed E-state index contributed by atoms with van der Waals surface area (Å²) in [4.78, 5) is 16.2. The molecule has 0 unspecified atom stereocenters. The first-order valence-electron chi connectivity index (χ1n) is 8.12. The average molecular weight is 292 g/mol. The molecular weight excluding hydrogens is 264 g/mol. The van der Waals surface area contributed by atoms with Crippen molar-refractivity contribution in [3.8, 4) is 0 Å². The van der Waals surface area contributed by atoms with Crippen molar-refractivity contribution in [2.24, 2.45) is 5.92 Å². The number of hydrogen-bond acceptors (Lipinski definition) is 2. The minimum absolute atomic E-state index is 0.0839. The molecule has 0 spiro atoms. The highest BCUT2D eigenvalue weighted by Gasteiger charge is 2.21. The molecule has 5 nitrogen and oxygen atoms in total. The summed E-state index contributed by atoms with van der Waals surface area (Å²) in [6, 6.07) is 0.525. The van der Waals surface area contributed by atoms with Crippen molar-refractivity contribution in [3.63, 3.8) is 0 Å². The first-order chi connectivity index (χ1) is 10.1. The normalized spacial score (nSPS) is 15.6. The third-order valence-electron chi connectivity index (χ3n) is 4.05. The Balaban J connectivity index is 1.82. The Morgan fingerprint density at radius 1 is 1.38 bits per heavy atom. The van der Waals surface area contributed by atoms with Crippen molar-refractivity contribution in [1.82, 2.24) is 20.2 Å². The zero-order chi connectivity index (χ0) is 15.2. The summed E-state index contributed by atoms with van der Waals surface area (Å²) in [7, 11) is 0. The van der Waals surface area contributed by atoms with Crippen molar-refractivity contribution in [2.45, 2.75) is 58.9 Å². The van der Waals surface area contributed by atoms with Crippen LogP contribution >= 0.6 is 0 Å². The van der Waals surface area contributed by atoms with Crippen LogP contribution in [-0.4, -0.2) is 28.7 Å². The fraction of sp³-hybridized carbons (Fsp3) is 0.750. The van der Waals surface area contributed by atoms with Crippen molar-refractivity contribution >= 4 is 6.03 Å². The molecule has 5 heteroatoms. The van der Waals surface area contributed by atoms with Crippen molar-refractivity contribution in [2.75, 3.05) is 13.1 Å². The molecule has 1 aromatic rings. The predicted octanol–water partition coefficient (Wildman–Crippen LogP) is 2.80. The maximum absolute atomic E-state index is 11.6. The lowest BCUT2D eigenvalue weighted by molar-refractivity contribution is 0.239. The molecule has 1 aliphatic carbocycles. The van der Waals surface area contributed by atoms with Gasteiger partial charge >= 0.3 is 6.03 Å². The summed E-state index contributed by atoms with van der Waals surface area (Å²) in [5, 5.41) is 5.78. The second kappa shape index (κ2) is 7.48. The smallest absolute Gasteiger partial charge is 0.314 e. The molecule has 0 bridgehead atoms. The lowest BCUT2D eigenvalue weighted by atomic mass is 10.2. The summed E-state index contributed by atoms with van der Waals surface area (Å²) in [5.41, 5.74) is 1.24. The van der Waals surface area contributed by atoms with E-state index in [0.29, 0.717) is 25.0 Å². The van der Waals surface area contributed by atoms with E-state index in [2.05, 4.69) is 41.0 Å². The summed E-state index contributed by atoms with van der Waals surface area (Å²) in [6.07, 6.45) is 7.89. The molecule has 2 rings (SSSR count). The Morgan fingerprint density at radius 3 is 2.76 bits per heavy atom. The number of hydrogen-bond donors (Lipinski definition) is 2. The van der Waals surface area contributed by atoms with Gasteiger partial charge in [-0.2, -0.15) is 0 Å². The van der Waals surface area contributed by atoms with E-state index in [4.69, 9.17) is 0 Å². The Kier molecular flexibility index (Phi) is 5.65. The Labute approximate surface area is 127 Å². The number of nitrogens with one attached hydrogen (secondary N) is 2. The van der Waals surface area contributed by atoms with Gasteiger partial charge in [0.05, 0.1) is 0 Å². The first-order valence-corrected chi connectivity index (χ1v) is 8.12. The quantitative estimate of drug-likeness (QED) is 0.847. The van der Waals surface area contributed by atoms with Crippen LogP contribution in [0.15, 0.2) is 6.20 Å². The maximum Gasteiger partial charge on any atom is 0.314 e. The van der Waals surface area contributed by atoms with Gasteiger partial charge in [0.2, 0.25) is 0 Å². The van der Waals surface area contributed by atoms with E-state index in [1.165, 1.54) is 31.4 Å². The van der Waals surface area contributed by atoms with Crippen LogP contribution in [0, 0.1) is 12.8 Å². The summed E-state index contributed by atoms with van der Waals surface area (Å²) in [6.45, 7) is 7.63. The number of aryl methyl sites for hydroxylation is 1. The molecule has 0 aliphatic heterocycles. The molecule has 0 atom stereocenters. The lowest BCUT2D eigenvalue weighted by Gasteiger charge is -2.17. The summed E-state index contributed by atoms with van der Waals surface area (Å²) in [5.74, 6) is 1.57. The van der Waals surface area contributed by atoms with E-state index in [1.54, 1.807) is 0 Å². The standard InChI is InChI=1S/C16H28N4O/c1-12(2)10-19-16(21)17-9-8-15-18-11-13(3)20(15)14-6-4-5-7-14/h11-12,14H,4-10H2,1-3H3,(H2,17,19,21). The van der Waals surface area contributed by atoms with Gasteiger partial charge in [-0.25, -0.2) is 9.78 Å². The largest absolute Gasteiger partial charge is 0.338 e. The molecular formula is C16H28N4O. The molecule has 1 fully saturated rings. The zero-order valence-electron chi connectivity index (χ0n) is 13.5. The second-order valence-corrected chi connectivity index (χ2v) is 6.40. The molecule has 0 aromatic carbocycles. The van der Waals surface area contributed by atoms with Gasteiger partial charge in [0.1, 0.15) is 5.82 Å². The molecule has 1 aromatic heterocycles. The van der Waals surface area contributed by atoms with E-state index >= 15 is 0 Å². The number of carbonyl (C=O) groups is 1. The zero-order valence-corrected chi connectivity index (χ0v) is 13.5. The van der Waals surface area contributed by atoms with Gasteiger partial charge in [0.15, 0.2) is 0 Å². The molecule has 1 aliphatic rings. The van der Waals surface area contributed by atoms with Crippen molar-refractivity contribution in [3.05, 3.63) is 17.7 Å². The van der Waals surface area contributed by atoms with E-state index in [1.807, 2.05) is 6.20 Å². The highest BCUT2D eigenvalue weighted by Crippen LogP contribution is 2.31. The maximum atomic E-state index is 11.6. The summed E-state index contributed by atoms with van der Waals surface area (Å²) < 4.78 is 2.38. The van der Waals surface area contributed by atoms with Gasteiger partial charge in [0.25, 0.3) is 0 Å². The molecule has 2 N–H and O–H groups in total. The molecule has 0 radical (unpaired) electrons. The van der Waals surface area contributed by atoms with Gasteiger partial charge in [-0.15, -0.1) is 0 Å². The average Bonchev–Trinajstić information content (AvgIpc) is 3.06. The molecule has 21 heavy (non-hydrogen) atoms. The van der Waals surface area contributed by atoms with E-state index in [0.717, 1.165) is 12.2 Å². The summed E-state index contributed by atoms with van der Waals surface area (Å²) >= 11 is 0. The third-order valence-corrected chi connectivity index (χ3v) is 4.05. The number of amides is 2. The number of imidazole rings is 1. The number of rotatable bonds is 6. The second-order valence-electron chi connectivity index (χ2n) is 6.40. The van der Waals surface area contributed by atoms with Gasteiger partial charge in [-0.3, -0.25) is 0 Å². The highest BCUT2D eigenvalue weighted by atomic mass is 16.2. The van der Waals surface area contributed by atoms with Gasteiger partial charge in [0, 0.05) is 37.4 Å². The van der Waals surface area contributed by atoms with E-state index in [9.17, 15) is 4.79 Å². The number of carbonyl (C=O) groups excluding carboxylic acids is 1. The van der Waals surface area contributed by atoms with Crippen LogP contribution in [0.25, 0.3) is 0 Å². The minimum atomic E-state index is -0.0839. The van der Waals surface area contributed by atoms with Gasteiger partial charge in [-0.1, -0.05) is 26.7 Å². The molecule has 2 amide bonds. The van der Waals surface area contributed by atoms with Crippen LogP contribution < -0.4 is 10.6 Å². The van der Waals surface area contributed by atoms with Crippen molar-refractivity contribution in [1.29, 1.82) is 0 Å². The van der Waals surface area contributed by atoms with Gasteiger partial charge in [-0.05, 0) is 25.7 Å². The van der Waals surface area contributed by atoms with Crippen LogP contribution in [-0.2, 0) is 6.42 Å². The van der Waals surface area contributed by atoms with Crippen LogP contribution in [0.4, 0.5) is 4.79 Å². The van der Waals surface area contributed by atoms with Gasteiger partial charge < -0.3 is 15.2 Å². The van der Waals surface area contributed by atoms with Crippen LogP contribution in [0.5, 0.6) is 0 Å². The lowest BCUT2D eigenvalue weighted by Crippen LogP contribution is -2.38. The Bertz CT molecular complexity index is 461. The first kappa shape index (κ1) is 15.9. The topological polar surface area (TPSA) is 59.0 Å². The van der Waals surface area contributed by atoms with E-state index < -0.39 is 0 Å². The highest BCUT2D eigenvalue weighted by molar-refractivity contribution is 5.73. The molecule has 118 valence electrons. The number of aromatic nitrogens is 2. The molecule has 1 saturated carbocycles. The fourth-order valence-electron chi connectivity index (χ4n) is 2.99. The SMILES string of the molecule is Cc1cnc(CCNC(=O)NCC(C)C)n1C1CCCC1. The Morgan fingerprint density at radius 2 is 2.10 bits per heavy atom. The predicted molar refractivity (Wildman–Crippen MR) is 84.4 cm³/mol. The third kappa shape index (κ3) is 4.48. The van der Waals surface area contributed by atoms with Crippen molar-refractivity contribution < 1.29 is 4.79 Å². The fourth-order valence-corrected chi connectivity index (χ4v) is 2.99. The molecule has 1 heterocycles. The van der Waals surface area contributed by atoms with Crippen LogP contribution in [0.2, 0.25) is 0 Å². The van der Waals surface area contributed by atoms with Crippen LogP contribution in [0.1, 0.15) is 57.1 Å². The molecule has 0 saturated heterocycles.